The second-order valence-electron chi connectivity index (χ2n) is 6.61. The number of fused-ring (bicyclic) bond motifs is 1. The van der Waals surface area contributed by atoms with Crippen LogP contribution < -0.4 is 14.9 Å². The molecule has 0 spiro atoms. The Morgan fingerprint density at radius 2 is 1.83 bits per heavy atom. The van der Waals surface area contributed by atoms with Crippen LogP contribution in [0.15, 0.2) is 90.3 Å². The summed E-state index contributed by atoms with van der Waals surface area (Å²) in [5.74, 6) is 1.15. The predicted octanol–water partition coefficient (Wildman–Crippen LogP) is 4.17. The topological polar surface area (TPSA) is 64.8 Å². The lowest BCUT2D eigenvalue weighted by atomic mass is 10.1. The largest absolute Gasteiger partial charge is 0.497 e. The highest BCUT2D eigenvalue weighted by atomic mass is 16.5. The molecule has 150 valence electrons. The van der Waals surface area contributed by atoms with Crippen LogP contribution >= 0.6 is 0 Å². The van der Waals surface area contributed by atoms with Gasteiger partial charge in [-0.25, -0.2) is 5.43 Å². The quantitative estimate of drug-likeness (QED) is 0.375. The molecule has 0 aliphatic heterocycles. The van der Waals surface area contributed by atoms with Gasteiger partial charge in [-0.1, -0.05) is 36.4 Å². The van der Waals surface area contributed by atoms with Crippen LogP contribution in [0.4, 0.5) is 0 Å². The molecule has 6 heteroatoms. The molecular formula is C24H21N3O3. The fraction of sp³-hybridized carbons (Fsp3) is 0.0833. The zero-order valence-electron chi connectivity index (χ0n) is 16.5. The van der Waals surface area contributed by atoms with Gasteiger partial charge in [-0.05, 0) is 41.8 Å². The maximum Gasteiger partial charge on any atom is 0.277 e. The van der Waals surface area contributed by atoms with Crippen molar-refractivity contribution in [1.29, 1.82) is 0 Å². The van der Waals surface area contributed by atoms with Crippen LogP contribution in [0.1, 0.15) is 5.56 Å². The van der Waals surface area contributed by atoms with Crippen LogP contribution in [0.25, 0.3) is 16.5 Å². The summed E-state index contributed by atoms with van der Waals surface area (Å²) >= 11 is 0. The van der Waals surface area contributed by atoms with Crippen LogP contribution in [-0.2, 0) is 4.79 Å². The molecule has 6 nitrogen and oxygen atoms in total. The first-order valence-electron chi connectivity index (χ1n) is 9.48. The van der Waals surface area contributed by atoms with Crippen LogP contribution in [-0.4, -0.2) is 30.4 Å². The van der Waals surface area contributed by atoms with Crippen LogP contribution in [0, 0.1) is 0 Å². The molecule has 0 fully saturated rings. The summed E-state index contributed by atoms with van der Waals surface area (Å²) in [4.78, 5) is 12.1. The van der Waals surface area contributed by atoms with Crippen LogP contribution in [0.2, 0.25) is 0 Å². The van der Waals surface area contributed by atoms with Crippen molar-refractivity contribution in [2.45, 2.75) is 0 Å². The molecule has 4 rings (SSSR count). The Hall–Kier alpha value is -4.06. The molecule has 30 heavy (non-hydrogen) atoms. The van der Waals surface area contributed by atoms with Crippen molar-refractivity contribution in [3.8, 4) is 17.2 Å². The number of ether oxygens (including phenoxy) is 2. The Morgan fingerprint density at radius 3 is 2.67 bits per heavy atom. The lowest BCUT2D eigenvalue weighted by Crippen LogP contribution is -2.24. The van der Waals surface area contributed by atoms with Crippen molar-refractivity contribution in [3.63, 3.8) is 0 Å². The highest BCUT2D eigenvalue weighted by Crippen LogP contribution is 2.24. The summed E-state index contributed by atoms with van der Waals surface area (Å²) in [5.41, 5.74) is 4.36. The second-order valence-corrected chi connectivity index (χ2v) is 6.61. The van der Waals surface area contributed by atoms with E-state index in [4.69, 9.17) is 9.47 Å². The van der Waals surface area contributed by atoms with E-state index in [1.807, 2.05) is 89.8 Å². The van der Waals surface area contributed by atoms with Crippen molar-refractivity contribution in [1.82, 2.24) is 9.99 Å². The third kappa shape index (κ3) is 4.50. The Labute approximate surface area is 174 Å². The SMILES string of the molecule is COc1ccc(-n2ccc(/C=N/NC(=O)COc3cccc4ccccc34)c2)cc1. The van der Waals surface area contributed by atoms with Gasteiger partial charge in [0.15, 0.2) is 6.61 Å². The van der Waals surface area contributed by atoms with E-state index in [1.165, 1.54) is 0 Å². The fourth-order valence-electron chi connectivity index (χ4n) is 3.08. The van der Waals surface area contributed by atoms with Gasteiger partial charge < -0.3 is 14.0 Å². The lowest BCUT2D eigenvalue weighted by molar-refractivity contribution is -0.123. The normalized spacial score (nSPS) is 11.0. The number of hydrogen-bond acceptors (Lipinski definition) is 4. The van der Waals surface area contributed by atoms with Gasteiger partial charge in [-0.2, -0.15) is 5.10 Å². The molecule has 3 aromatic carbocycles. The third-order valence-corrected chi connectivity index (χ3v) is 4.60. The Balaban J connectivity index is 1.32. The van der Waals surface area contributed by atoms with E-state index in [-0.39, 0.29) is 12.5 Å². The molecule has 4 aromatic rings. The molecule has 1 amide bonds. The lowest BCUT2D eigenvalue weighted by Gasteiger charge is -2.08. The standard InChI is InChI=1S/C24H21N3O3/c1-29-21-11-9-20(10-12-21)27-14-13-18(16-27)15-25-26-24(28)17-30-23-8-4-6-19-5-2-3-7-22(19)23/h2-16H,17H2,1H3,(H,26,28)/b25-15+. The maximum absolute atomic E-state index is 12.1. The second kappa shape index (κ2) is 8.96. The first-order chi connectivity index (χ1) is 14.7. The Kier molecular flexibility index (Phi) is 5.75. The minimum Gasteiger partial charge on any atom is -0.497 e. The molecule has 0 unspecified atom stereocenters. The van der Waals surface area contributed by atoms with Crippen molar-refractivity contribution < 1.29 is 14.3 Å². The first kappa shape index (κ1) is 19.3. The molecule has 0 saturated heterocycles. The van der Waals surface area contributed by atoms with Crippen molar-refractivity contribution in [2.24, 2.45) is 5.10 Å². The summed E-state index contributed by atoms with van der Waals surface area (Å²) < 4.78 is 12.8. The van der Waals surface area contributed by atoms with Gasteiger partial charge in [-0.15, -0.1) is 0 Å². The van der Waals surface area contributed by atoms with Gasteiger partial charge in [0.25, 0.3) is 5.91 Å². The number of carbonyl (C=O) groups is 1. The van der Waals surface area contributed by atoms with E-state index in [1.54, 1.807) is 13.3 Å². The number of methoxy groups -OCH3 is 1. The number of nitrogens with zero attached hydrogens (tertiary/aromatic N) is 2. The van der Waals surface area contributed by atoms with E-state index in [0.717, 1.165) is 27.8 Å². The molecule has 0 bridgehead atoms. The number of aromatic nitrogens is 1. The predicted molar refractivity (Wildman–Crippen MR) is 118 cm³/mol. The fourth-order valence-corrected chi connectivity index (χ4v) is 3.08. The molecular weight excluding hydrogens is 378 g/mol. The van der Waals surface area contributed by atoms with Gasteiger partial charge in [0, 0.05) is 29.0 Å². The van der Waals surface area contributed by atoms with Crippen molar-refractivity contribution in [2.75, 3.05) is 13.7 Å². The molecule has 1 aromatic heterocycles. The number of hydrazone groups is 1. The summed E-state index contributed by atoms with van der Waals surface area (Å²) in [7, 11) is 1.64. The van der Waals surface area contributed by atoms with E-state index >= 15 is 0 Å². The number of hydrogen-bond donors (Lipinski definition) is 1. The number of amides is 1. The molecule has 0 atom stereocenters. The molecule has 1 N–H and O–H groups in total. The van der Waals surface area contributed by atoms with Gasteiger partial charge in [-0.3, -0.25) is 4.79 Å². The first-order valence-corrected chi connectivity index (χ1v) is 9.48. The van der Waals surface area contributed by atoms with Crippen LogP contribution in [0.3, 0.4) is 0 Å². The van der Waals surface area contributed by atoms with Gasteiger partial charge >= 0.3 is 0 Å². The Bertz CT molecular complexity index is 1170. The van der Waals surface area contributed by atoms with Gasteiger partial charge in [0.1, 0.15) is 11.5 Å². The Morgan fingerprint density at radius 1 is 1.03 bits per heavy atom. The minimum atomic E-state index is -0.325. The number of benzene rings is 3. The zero-order valence-corrected chi connectivity index (χ0v) is 16.5. The molecule has 0 saturated carbocycles. The average molecular weight is 399 g/mol. The van der Waals surface area contributed by atoms with Gasteiger partial charge in [0.2, 0.25) is 0 Å². The molecule has 0 aliphatic rings. The summed E-state index contributed by atoms with van der Waals surface area (Å²) in [6.45, 7) is -0.113. The monoisotopic (exact) mass is 399 g/mol. The molecule has 0 radical (unpaired) electrons. The molecule has 1 heterocycles. The number of carbonyl (C=O) groups excluding carboxylic acids is 1. The number of nitrogens with one attached hydrogen (secondary N) is 1. The average Bonchev–Trinajstić information content (AvgIpc) is 3.26. The summed E-state index contributed by atoms with van der Waals surface area (Å²) in [6, 6.07) is 23.3. The van der Waals surface area contributed by atoms with Gasteiger partial charge in [0.05, 0.1) is 13.3 Å². The third-order valence-electron chi connectivity index (χ3n) is 4.60. The highest BCUT2D eigenvalue weighted by molar-refractivity contribution is 5.89. The van der Waals surface area contributed by atoms with Crippen LogP contribution in [0.5, 0.6) is 11.5 Å². The zero-order chi connectivity index (χ0) is 20.8. The maximum atomic E-state index is 12.1. The summed E-state index contributed by atoms with van der Waals surface area (Å²) in [5, 5.41) is 6.05. The highest BCUT2D eigenvalue weighted by Gasteiger charge is 2.05. The smallest absolute Gasteiger partial charge is 0.277 e. The molecule has 0 aliphatic carbocycles. The van der Waals surface area contributed by atoms with E-state index < -0.39 is 0 Å². The van der Waals surface area contributed by atoms with E-state index in [2.05, 4.69) is 10.5 Å². The minimum absolute atomic E-state index is 0.113. The van der Waals surface area contributed by atoms with E-state index in [0.29, 0.717) is 5.75 Å². The van der Waals surface area contributed by atoms with Crippen molar-refractivity contribution in [3.05, 3.63) is 90.8 Å². The van der Waals surface area contributed by atoms with Crippen molar-refractivity contribution >= 4 is 22.9 Å². The van der Waals surface area contributed by atoms with E-state index in [9.17, 15) is 4.79 Å². The summed E-state index contributed by atoms with van der Waals surface area (Å²) in [6.07, 6.45) is 5.44. The number of rotatable bonds is 7.